The Morgan fingerprint density at radius 2 is 1.48 bits per heavy atom. The van der Waals surface area contributed by atoms with Gasteiger partial charge < -0.3 is 9.47 Å². The molecule has 0 amide bonds. The first-order valence-electron chi connectivity index (χ1n) is 10.5. The van der Waals surface area contributed by atoms with Crippen molar-refractivity contribution in [2.75, 3.05) is 19.0 Å². The van der Waals surface area contributed by atoms with Crippen molar-refractivity contribution >= 4 is 26.4 Å². The zero-order valence-electron chi connectivity index (χ0n) is 18.4. The van der Waals surface area contributed by atoms with Gasteiger partial charge in [-0.3, -0.25) is 0 Å². The molecule has 0 radical (unpaired) electrons. The number of hydrogen-bond donors (Lipinski definition) is 0. The molecule has 31 heavy (non-hydrogen) atoms. The first-order valence-corrected chi connectivity index (χ1v) is 12.0. The van der Waals surface area contributed by atoms with Gasteiger partial charge in [0, 0.05) is 48.5 Å². The number of fused-ring (bicyclic) bond motifs is 1. The number of benzene rings is 3. The van der Waals surface area contributed by atoms with Gasteiger partial charge in [0.1, 0.15) is 5.25 Å². The predicted octanol–water partition coefficient (Wildman–Crippen LogP) is 5.60. The lowest BCUT2D eigenvalue weighted by Crippen LogP contribution is -2.17. The van der Waals surface area contributed by atoms with E-state index in [0.717, 1.165) is 40.0 Å². The number of sulfone groups is 1. The van der Waals surface area contributed by atoms with Gasteiger partial charge in [-0.25, -0.2) is 8.42 Å². The van der Waals surface area contributed by atoms with Crippen LogP contribution in [0.3, 0.4) is 0 Å². The van der Waals surface area contributed by atoms with Gasteiger partial charge in [-0.15, -0.1) is 0 Å². The largest absolute Gasteiger partial charge is 0.378 e. The Kier molecular flexibility index (Phi) is 5.63. The molecule has 0 saturated heterocycles. The quantitative estimate of drug-likeness (QED) is 0.398. The van der Waals surface area contributed by atoms with Gasteiger partial charge in [0.25, 0.3) is 0 Å². The Morgan fingerprint density at radius 1 is 0.871 bits per heavy atom. The SMILES string of the molecule is CCn1c(C)c(C(c2ccc(N(C)C)cc2)S(=O)(=O)c2ccccc2)c2ccccc21. The number of aryl methyl sites for hydroxylation is 1. The van der Waals surface area contributed by atoms with E-state index in [4.69, 9.17) is 0 Å². The second kappa shape index (κ2) is 8.23. The van der Waals surface area contributed by atoms with E-state index in [1.807, 2.05) is 74.4 Å². The smallest absolute Gasteiger partial charge is 0.189 e. The first kappa shape index (κ1) is 21.2. The van der Waals surface area contributed by atoms with Gasteiger partial charge in [-0.1, -0.05) is 48.5 Å². The van der Waals surface area contributed by atoms with Crippen LogP contribution in [-0.4, -0.2) is 27.1 Å². The molecule has 1 heterocycles. The third-order valence-electron chi connectivity index (χ3n) is 5.95. The van der Waals surface area contributed by atoms with Crippen LogP contribution < -0.4 is 4.90 Å². The van der Waals surface area contributed by atoms with Crippen LogP contribution in [-0.2, 0) is 16.4 Å². The maximum atomic E-state index is 14.0. The molecule has 5 heteroatoms. The lowest BCUT2D eigenvalue weighted by Gasteiger charge is -2.21. The minimum absolute atomic E-state index is 0.337. The average molecular weight is 433 g/mol. The molecule has 0 fully saturated rings. The maximum absolute atomic E-state index is 14.0. The summed E-state index contributed by atoms with van der Waals surface area (Å²) in [5.74, 6) is 0. The van der Waals surface area contributed by atoms with E-state index in [2.05, 4.69) is 17.6 Å². The Morgan fingerprint density at radius 3 is 2.10 bits per heavy atom. The summed E-state index contributed by atoms with van der Waals surface area (Å²) < 4.78 is 30.3. The molecule has 4 nitrogen and oxygen atoms in total. The third-order valence-corrected chi connectivity index (χ3v) is 8.01. The summed E-state index contributed by atoms with van der Waals surface area (Å²) in [6, 6.07) is 24.7. The van der Waals surface area contributed by atoms with Crippen LogP contribution >= 0.6 is 0 Å². The summed E-state index contributed by atoms with van der Waals surface area (Å²) in [4.78, 5) is 2.35. The van der Waals surface area contributed by atoms with Crippen molar-refractivity contribution < 1.29 is 8.42 Å². The molecule has 4 aromatic rings. The highest BCUT2D eigenvalue weighted by Gasteiger charge is 2.34. The average Bonchev–Trinajstić information content (AvgIpc) is 3.06. The molecule has 1 atom stereocenters. The fraction of sp³-hybridized carbons (Fsp3) is 0.231. The molecule has 0 spiro atoms. The Bertz CT molecular complexity index is 1310. The van der Waals surface area contributed by atoms with Crippen LogP contribution in [0.15, 0.2) is 83.8 Å². The monoisotopic (exact) mass is 432 g/mol. The zero-order chi connectivity index (χ0) is 22.2. The molecule has 0 saturated carbocycles. The molecule has 0 aliphatic heterocycles. The van der Waals surface area contributed by atoms with Crippen molar-refractivity contribution in [3.05, 3.63) is 95.7 Å². The molecule has 1 aromatic heterocycles. The van der Waals surface area contributed by atoms with Gasteiger partial charge in [0.05, 0.1) is 4.90 Å². The van der Waals surface area contributed by atoms with Crippen molar-refractivity contribution in [1.82, 2.24) is 4.57 Å². The Labute approximate surface area is 184 Å². The van der Waals surface area contributed by atoms with E-state index >= 15 is 0 Å². The number of hydrogen-bond acceptors (Lipinski definition) is 3. The van der Waals surface area contributed by atoms with Crippen LogP contribution in [0.25, 0.3) is 10.9 Å². The maximum Gasteiger partial charge on any atom is 0.189 e. The molecule has 0 aliphatic rings. The normalized spacial score (nSPS) is 12.8. The second-order valence-electron chi connectivity index (χ2n) is 7.98. The molecule has 160 valence electrons. The number of aromatic nitrogens is 1. The minimum atomic E-state index is -3.68. The summed E-state index contributed by atoms with van der Waals surface area (Å²) in [5.41, 5.74) is 4.73. The predicted molar refractivity (Wildman–Crippen MR) is 129 cm³/mol. The number of para-hydroxylation sites is 1. The fourth-order valence-electron chi connectivity index (χ4n) is 4.39. The van der Waals surface area contributed by atoms with E-state index in [1.54, 1.807) is 24.3 Å². The molecule has 3 aromatic carbocycles. The highest BCUT2D eigenvalue weighted by Crippen LogP contribution is 2.42. The van der Waals surface area contributed by atoms with Crippen molar-refractivity contribution in [2.24, 2.45) is 0 Å². The van der Waals surface area contributed by atoms with Crippen LogP contribution in [0, 0.1) is 6.92 Å². The first-order chi connectivity index (χ1) is 14.9. The van der Waals surface area contributed by atoms with E-state index in [1.165, 1.54) is 0 Å². The van der Waals surface area contributed by atoms with Crippen molar-refractivity contribution in [3.8, 4) is 0 Å². The fourth-order valence-corrected chi connectivity index (χ4v) is 6.32. The van der Waals surface area contributed by atoms with Crippen LogP contribution in [0.5, 0.6) is 0 Å². The van der Waals surface area contributed by atoms with E-state index in [0.29, 0.717) is 4.90 Å². The van der Waals surface area contributed by atoms with Crippen LogP contribution in [0.4, 0.5) is 5.69 Å². The summed E-state index contributed by atoms with van der Waals surface area (Å²) >= 11 is 0. The third kappa shape index (κ3) is 3.63. The molecular weight excluding hydrogens is 404 g/mol. The van der Waals surface area contributed by atoms with Crippen molar-refractivity contribution in [1.29, 1.82) is 0 Å². The number of nitrogens with zero attached hydrogens (tertiary/aromatic N) is 2. The van der Waals surface area contributed by atoms with E-state index in [-0.39, 0.29) is 0 Å². The standard InChI is InChI=1S/C26H28N2O2S/c1-5-28-19(2)25(23-13-9-10-14-24(23)28)26(20-15-17-21(18-16-20)27(3)4)31(29,30)22-11-7-6-8-12-22/h6-18,26H,5H2,1-4H3. The van der Waals surface area contributed by atoms with Crippen LogP contribution in [0.2, 0.25) is 0 Å². The lowest BCUT2D eigenvalue weighted by molar-refractivity contribution is 0.588. The molecule has 0 aliphatic carbocycles. The Hall–Kier alpha value is -3.05. The minimum Gasteiger partial charge on any atom is -0.378 e. The van der Waals surface area contributed by atoms with E-state index in [9.17, 15) is 8.42 Å². The summed E-state index contributed by atoms with van der Waals surface area (Å²) in [5, 5.41) is 0.201. The molecule has 0 N–H and O–H groups in total. The highest BCUT2D eigenvalue weighted by atomic mass is 32.2. The van der Waals surface area contributed by atoms with Crippen LogP contribution in [0.1, 0.15) is 29.0 Å². The van der Waals surface area contributed by atoms with Gasteiger partial charge in [-0.2, -0.15) is 0 Å². The van der Waals surface area contributed by atoms with Crippen molar-refractivity contribution in [3.63, 3.8) is 0 Å². The molecular formula is C26H28N2O2S. The molecule has 0 bridgehead atoms. The van der Waals surface area contributed by atoms with Gasteiger partial charge in [-0.05, 0) is 49.7 Å². The summed E-state index contributed by atoms with van der Waals surface area (Å²) in [7, 11) is 0.281. The number of anilines is 1. The van der Waals surface area contributed by atoms with Gasteiger partial charge in [0.2, 0.25) is 0 Å². The topological polar surface area (TPSA) is 42.3 Å². The Balaban J connectivity index is 2.03. The molecule has 4 rings (SSSR count). The summed E-state index contributed by atoms with van der Waals surface area (Å²) in [6.45, 7) is 4.90. The number of rotatable bonds is 6. The zero-order valence-corrected chi connectivity index (χ0v) is 19.2. The second-order valence-corrected chi connectivity index (χ2v) is 10.0. The highest BCUT2D eigenvalue weighted by molar-refractivity contribution is 7.92. The summed E-state index contributed by atoms with van der Waals surface area (Å²) in [6.07, 6.45) is 0. The van der Waals surface area contributed by atoms with Crippen molar-refractivity contribution in [2.45, 2.75) is 30.5 Å². The van der Waals surface area contributed by atoms with Gasteiger partial charge >= 0.3 is 0 Å². The van der Waals surface area contributed by atoms with E-state index < -0.39 is 15.1 Å². The molecule has 1 unspecified atom stereocenters. The van der Waals surface area contributed by atoms with Gasteiger partial charge in [0.15, 0.2) is 9.84 Å². The lowest BCUT2D eigenvalue weighted by atomic mass is 10.0.